The van der Waals surface area contributed by atoms with Crippen molar-refractivity contribution in [2.24, 2.45) is 0 Å². The summed E-state index contributed by atoms with van der Waals surface area (Å²) in [5.74, 6) is 2.58. The Labute approximate surface area is 234 Å². The van der Waals surface area contributed by atoms with Gasteiger partial charge >= 0.3 is 6.03 Å². The van der Waals surface area contributed by atoms with Crippen molar-refractivity contribution in [1.82, 2.24) is 30.6 Å². The molecule has 3 fully saturated rings. The maximum atomic E-state index is 12.8. The van der Waals surface area contributed by atoms with Crippen molar-refractivity contribution in [3.63, 3.8) is 0 Å². The topological polar surface area (TPSA) is 107 Å². The second kappa shape index (κ2) is 11.9. The van der Waals surface area contributed by atoms with E-state index < -0.39 is 0 Å². The first-order chi connectivity index (χ1) is 19.6. The number of carbonyl (C=O) groups is 1. The number of benzene rings is 2. The molecule has 4 heterocycles. The molecule has 3 N–H and O–H groups in total. The average molecular weight is 550 g/mol. The number of aryl methyl sites for hydroxylation is 1. The van der Waals surface area contributed by atoms with Crippen LogP contribution in [0.4, 0.5) is 10.5 Å². The number of rotatable bonds is 7. The second-order valence-electron chi connectivity index (χ2n) is 10.7. The number of amides is 2. The van der Waals surface area contributed by atoms with Gasteiger partial charge in [0, 0.05) is 57.1 Å². The maximum Gasteiger partial charge on any atom is 0.320 e. The summed E-state index contributed by atoms with van der Waals surface area (Å²) in [6.07, 6.45) is 2.87. The number of morpholine rings is 1. The normalized spacial score (nSPS) is 21.7. The number of hydrogen-bond acceptors (Lipinski definition) is 8. The molecule has 2 aromatic carbocycles. The lowest BCUT2D eigenvalue weighted by molar-refractivity contribution is 0.0428. The van der Waals surface area contributed by atoms with Crippen molar-refractivity contribution in [3.05, 3.63) is 47.8 Å². The number of imidazole rings is 1. The molecule has 11 heteroatoms. The van der Waals surface area contributed by atoms with Crippen molar-refractivity contribution in [3.8, 4) is 11.5 Å². The zero-order chi connectivity index (χ0) is 27.5. The van der Waals surface area contributed by atoms with Gasteiger partial charge in [0.1, 0.15) is 17.3 Å². The second-order valence-corrected chi connectivity index (χ2v) is 10.7. The number of hydrazine groups is 1. The third kappa shape index (κ3) is 5.81. The van der Waals surface area contributed by atoms with E-state index >= 15 is 0 Å². The van der Waals surface area contributed by atoms with Gasteiger partial charge in [-0.15, -0.1) is 0 Å². The van der Waals surface area contributed by atoms with E-state index in [-0.39, 0.29) is 12.1 Å². The molecule has 3 saturated heterocycles. The standard InChI is InChI=1S/C29H39N7O4/c1-38-23-15-20(16-24(19-23)39-2)3-4-21-17-27(33-32-21)28-30-25-6-5-22(18-26(25)31-28)34-7-9-35(10-8-34)29(37)36-11-13-40-14-12-36/h5-6,15-16,18-19,21,27,32-33H,3-4,7-14,17H2,1-2H3,(H,30,31). The number of aromatic nitrogens is 2. The predicted molar refractivity (Wildman–Crippen MR) is 153 cm³/mol. The summed E-state index contributed by atoms with van der Waals surface area (Å²) in [5.41, 5.74) is 11.2. The largest absolute Gasteiger partial charge is 0.497 e. The van der Waals surface area contributed by atoms with Crippen LogP contribution >= 0.6 is 0 Å². The molecule has 0 radical (unpaired) electrons. The first-order valence-electron chi connectivity index (χ1n) is 14.2. The van der Waals surface area contributed by atoms with E-state index in [0.717, 1.165) is 79.5 Å². The smallest absolute Gasteiger partial charge is 0.320 e. The van der Waals surface area contributed by atoms with Gasteiger partial charge in [-0.3, -0.25) is 5.43 Å². The fourth-order valence-electron chi connectivity index (χ4n) is 5.83. The molecule has 2 amide bonds. The van der Waals surface area contributed by atoms with Gasteiger partial charge in [-0.25, -0.2) is 15.2 Å². The Morgan fingerprint density at radius 1 is 0.950 bits per heavy atom. The van der Waals surface area contributed by atoms with Crippen molar-refractivity contribution < 1.29 is 19.0 Å². The number of methoxy groups -OCH3 is 2. The van der Waals surface area contributed by atoms with Crippen LogP contribution in [0.25, 0.3) is 11.0 Å². The van der Waals surface area contributed by atoms with E-state index in [0.29, 0.717) is 32.3 Å². The number of ether oxygens (including phenoxy) is 3. The number of urea groups is 1. The van der Waals surface area contributed by atoms with E-state index in [1.165, 1.54) is 5.56 Å². The Kier molecular flexibility index (Phi) is 7.94. The van der Waals surface area contributed by atoms with Gasteiger partial charge in [0.25, 0.3) is 0 Å². The number of fused-ring (bicyclic) bond motifs is 1. The van der Waals surface area contributed by atoms with Crippen LogP contribution in [0.5, 0.6) is 11.5 Å². The molecule has 11 nitrogen and oxygen atoms in total. The molecular weight excluding hydrogens is 510 g/mol. The summed E-state index contributed by atoms with van der Waals surface area (Å²) in [6.45, 7) is 5.71. The minimum absolute atomic E-state index is 0.121. The van der Waals surface area contributed by atoms with Crippen molar-refractivity contribution in [2.45, 2.75) is 31.3 Å². The van der Waals surface area contributed by atoms with E-state index in [1.807, 2.05) is 15.9 Å². The number of piperazine rings is 1. The summed E-state index contributed by atoms with van der Waals surface area (Å²) >= 11 is 0. The highest BCUT2D eigenvalue weighted by atomic mass is 16.5. The summed E-state index contributed by atoms with van der Waals surface area (Å²) < 4.78 is 16.2. The van der Waals surface area contributed by atoms with Crippen LogP contribution in [0.2, 0.25) is 0 Å². The van der Waals surface area contributed by atoms with Gasteiger partial charge < -0.3 is 33.9 Å². The number of anilines is 1. The van der Waals surface area contributed by atoms with Gasteiger partial charge in [-0.05, 0) is 55.2 Å². The number of nitrogens with zero attached hydrogens (tertiary/aromatic N) is 4. The number of hydrogen-bond donors (Lipinski definition) is 3. The highest BCUT2D eigenvalue weighted by Crippen LogP contribution is 2.28. The molecule has 3 aliphatic heterocycles. The molecule has 0 bridgehead atoms. The Hall–Kier alpha value is -3.54. The Morgan fingerprint density at radius 3 is 2.40 bits per heavy atom. The molecule has 214 valence electrons. The maximum absolute atomic E-state index is 12.8. The molecule has 40 heavy (non-hydrogen) atoms. The first kappa shape index (κ1) is 26.7. The van der Waals surface area contributed by atoms with E-state index in [9.17, 15) is 4.79 Å². The number of H-pyrrole nitrogens is 1. The third-order valence-electron chi connectivity index (χ3n) is 8.19. The Balaban J connectivity index is 1.04. The minimum Gasteiger partial charge on any atom is -0.497 e. The Bertz CT molecular complexity index is 1290. The van der Waals surface area contributed by atoms with Crippen LogP contribution in [-0.2, 0) is 11.2 Å². The van der Waals surface area contributed by atoms with Crippen LogP contribution in [0.1, 0.15) is 30.3 Å². The first-order valence-corrected chi connectivity index (χ1v) is 14.2. The van der Waals surface area contributed by atoms with Crippen molar-refractivity contribution in [1.29, 1.82) is 0 Å². The van der Waals surface area contributed by atoms with Crippen LogP contribution in [0.15, 0.2) is 36.4 Å². The number of aromatic amines is 1. The molecule has 3 aliphatic rings. The molecule has 6 rings (SSSR count). The van der Waals surface area contributed by atoms with E-state index in [1.54, 1.807) is 14.2 Å². The molecule has 2 atom stereocenters. The SMILES string of the molecule is COc1cc(CCC2CC(c3nc4ccc(N5CCN(C(=O)N6CCOCC6)CC5)cc4[nH]3)NN2)cc(OC)c1. The van der Waals surface area contributed by atoms with Crippen LogP contribution in [-0.4, -0.2) is 98.5 Å². The lowest BCUT2D eigenvalue weighted by Gasteiger charge is -2.39. The van der Waals surface area contributed by atoms with Crippen molar-refractivity contribution >= 4 is 22.8 Å². The zero-order valence-electron chi connectivity index (χ0n) is 23.3. The summed E-state index contributed by atoms with van der Waals surface area (Å²) in [6, 6.07) is 13.0. The number of carbonyl (C=O) groups excluding carboxylic acids is 1. The van der Waals surface area contributed by atoms with Crippen LogP contribution in [0, 0.1) is 0 Å². The van der Waals surface area contributed by atoms with Crippen LogP contribution in [0.3, 0.4) is 0 Å². The summed E-state index contributed by atoms with van der Waals surface area (Å²) in [4.78, 5) is 27.5. The lowest BCUT2D eigenvalue weighted by Crippen LogP contribution is -2.54. The lowest BCUT2D eigenvalue weighted by atomic mass is 10.0. The molecule has 0 saturated carbocycles. The number of nitrogens with one attached hydrogen (secondary N) is 3. The zero-order valence-corrected chi connectivity index (χ0v) is 23.3. The highest BCUT2D eigenvalue weighted by Gasteiger charge is 2.28. The molecule has 0 spiro atoms. The van der Waals surface area contributed by atoms with E-state index in [2.05, 4.69) is 51.1 Å². The summed E-state index contributed by atoms with van der Waals surface area (Å²) in [7, 11) is 3.36. The molecule has 3 aromatic rings. The summed E-state index contributed by atoms with van der Waals surface area (Å²) in [5, 5.41) is 0. The molecule has 2 unspecified atom stereocenters. The fraction of sp³-hybridized carbons (Fsp3) is 0.517. The highest BCUT2D eigenvalue weighted by molar-refractivity contribution is 5.80. The van der Waals surface area contributed by atoms with Gasteiger partial charge in [0.15, 0.2) is 0 Å². The molecule has 0 aliphatic carbocycles. The fourth-order valence-corrected chi connectivity index (χ4v) is 5.83. The Morgan fingerprint density at radius 2 is 1.68 bits per heavy atom. The monoisotopic (exact) mass is 549 g/mol. The third-order valence-corrected chi connectivity index (χ3v) is 8.19. The van der Waals surface area contributed by atoms with Gasteiger partial charge in [-0.1, -0.05) is 0 Å². The van der Waals surface area contributed by atoms with Crippen LogP contribution < -0.4 is 25.2 Å². The predicted octanol–water partition coefficient (Wildman–Crippen LogP) is 2.69. The van der Waals surface area contributed by atoms with Crippen molar-refractivity contribution in [2.75, 3.05) is 71.6 Å². The van der Waals surface area contributed by atoms with Gasteiger partial charge in [-0.2, -0.15) is 0 Å². The molecular formula is C29H39N7O4. The minimum atomic E-state index is 0.121. The quantitative estimate of drug-likeness (QED) is 0.413. The average Bonchev–Trinajstić information content (AvgIpc) is 3.67. The van der Waals surface area contributed by atoms with Gasteiger partial charge in [0.2, 0.25) is 0 Å². The van der Waals surface area contributed by atoms with Gasteiger partial charge in [0.05, 0.1) is 44.5 Å². The van der Waals surface area contributed by atoms with E-state index in [4.69, 9.17) is 19.2 Å². The molecule has 1 aromatic heterocycles.